The highest BCUT2D eigenvalue weighted by Crippen LogP contribution is 2.14. The summed E-state index contributed by atoms with van der Waals surface area (Å²) in [6, 6.07) is 11.5. The van der Waals surface area contributed by atoms with Crippen molar-refractivity contribution in [2.24, 2.45) is 0 Å². The van der Waals surface area contributed by atoms with Crippen molar-refractivity contribution >= 4 is 27.5 Å². The van der Waals surface area contributed by atoms with Gasteiger partial charge in [-0.15, -0.1) is 0 Å². The van der Waals surface area contributed by atoms with Crippen LogP contribution in [0.1, 0.15) is 5.56 Å². The zero-order valence-corrected chi connectivity index (χ0v) is 10.7. The van der Waals surface area contributed by atoms with Gasteiger partial charge in [-0.05, 0) is 23.8 Å². The third-order valence-corrected chi connectivity index (χ3v) is 2.75. The molecule has 0 bridgehead atoms. The maximum atomic E-state index is 5.72. The van der Waals surface area contributed by atoms with Crippen LogP contribution in [0.4, 0.5) is 0 Å². The van der Waals surface area contributed by atoms with Crippen molar-refractivity contribution in [1.82, 2.24) is 4.98 Å². The lowest BCUT2D eigenvalue weighted by Gasteiger charge is -2.05. The van der Waals surface area contributed by atoms with Crippen molar-refractivity contribution < 1.29 is 4.74 Å². The van der Waals surface area contributed by atoms with Crippen molar-refractivity contribution in [3.05, 3.63) is 57.7 Å². The molecule has 0 aliphatic carbocycles. The fourth-order valence-electron chi connectivity index (χ4n) is 1.19. The van der Waals surface area contributed by atoms with Crippen LogP contribution in [-0.4, -0.2) is 4.98 Å². The predicted octanol–water partition coefficient (Wildman–Crippen LogP) is 4.08. The lowest BCUT2D eigenvalue weighted by molar-refractivity contribution is 0.294. The number of benzene rings is 1. The molecule has 0 spiro atoms. The SMILES string of the molecule is Clc1ccc(OCc2ccc(Br)cc2)nc1. The first kappa shape index (κ1) is 11.4. The second-order valence-electron chi connectivity index (χ2n) is 3.23. The van der Waals surface area contributed by atoms with Gasteiger partial charge in [-0.25, -0.2) is 4.98 Å². The smallest absolute Gasteiger partial charge is 0.213 e. The molecule has 16 heavy (non-hydrogen) atoms. The van der Waals surface area contributed by atoms with Gasteiger partial charge in [0, 0.05) is 16.7 Å². The second-order valence-corrected chi connectivity index (χ2v) is 4.58. The van der Waals surface area contributed by atoms with Crippen molar-refractivity contribution in [1.29, 1.82) is 0 Å². The number of nitrogens with zero attached hydrogens (tertiary/aromatic N) is 1. The van der Waals surface area contributed by atoms with Gasteiger partial charge < -0.3 is 4.74 Å². The highest BCUT2D eigenvalue weighted by Gasteiger charge is 1.97. The lowest BCUT2D eigenvalue weighted by Crippen LogP contribution is -1.96. The van der Waals surface area contributed by atoms with Gasteiger partial charge in [0.2, 0.25) is 5.88 Å². The van der Waals surface area contributed by atoms with Crippen LogP contribution in [0.25, 0.3) is 0 Å². The minimum atomic E-state index is 0.502. The first-order valence-electron chi connectivity index (χ1n) is 4.73. The number of halogens is 2. The Morgan fingerprint density at radius 3 is 2.50 bits per heavy atom. The summed E-state index contributed by atoms with van der Waals surface area (Å²) in [5.74, 6) is 0.576. The molecule has 0 unspecified atom stereocenters. The van der Waals surface area contributed by atoms with Crippen LogP contribution in [0.5, 0.6) is 5.88 Å². The minimum Gasteiger partial charge on any atom is -0.473 e. The van der Waals surface area contributed by atoms with E-state index in [-0.39, 0.29) is 0 Å². The van der Waals surface area contributed by atoms with Crippen LogP contribution in [0.3, 0.4) is 0 Å². The Labute approximate surface area is 107 Å². The molecule has 0 N–H and O–H groups in total. The van der Waals surface area contributed by atoms with Gasteiger partial charge in [0.15, 0.2) is 0 Å². The third kappa shape index (κ3) is 3.22. The highest BCUT2D eigenvalue weighted by molar-refractivity contribution is 9.10. The summed E-state index contributed by atoms with van der Waals surface area (Å²) in [5.41, 5.74) is 1.10. The predicted molar refractivity (Wildman–Crippen MR) is 67.7 cm³/mol. The molecule has 0 radical (unpaired) electrons. The van der Waals surface area contributed by atoms with E-state index in [0.29, 0.717) is 17.5 Å². The van der Waals surface area contributed by atoms with Gasteiger partial charge in [0.05, 0.1) is 5.02 Å². The lowest BCUT2D eigenvalue weighted by atomic mass is 10.2. The molecule has 0 saturated heterocycles. The van der Waals surface area contributed by atoms with Crippen LogP contribution in [0.2, 0.25) is 5.02 Å². The number of hydrogen-bond donors (Lipinski definition) is 0. The standard InChI is InChI=1S/C12H9BrClNO/c13-10-3-1-9(2-4-10)8-16-12-6-5-11(14)7-15-12/h1-7H,8H2. The van der Waals surface area contributed by atoms with Crippen LogP contribution in [0.15, 0.2) is 47.1 Å². The first-order chi connectivity index (χ1) is 7.74. The summed E-state index contributed by atoms with van der Waals surface area (Å²) in [6.07, 6.45) is 1.57. The van der Waals surface area contributed by atoms with Crippen molar-refractivity contribution in [3.8, 4) is 5.88 Å². The van der Waals surface area contributed by atoms with E-state index in [2.05, 4.69) is 20.9 Å². The summed E-state index contributed by atoms with van der Waals surface area (Å²) < 4.78 is 6.56. The Balaban J connectivity index is 1.97. The molecule has 0 saturated carbocycles. The summed E-state index contributed by atoms with van der Waals surface area (Å²) in [4.78, 5) is 4.05. The molecule has 2 nitrogen and oxygen atoms in total. The van der Waals surface area contributed by atoms with Crippen LogP contribution < -0.4 is 4.74 Å². The van der Waals surface area contributed by atoms with E-state index in [4.69, 9.17) is 16.3 Å². The molecule has 0 atom stereocenters. The largest absolute Gasteiger partial charge is 0.473 e. The van der Waals surface area contributed by atoms with E-state index in [1.165, 1.54) is 0 Å². The molecule has 82 valence electrons. The Kier molecular flexibility index (Phi) is 3.80. The van der Waals surface area contributed by atoms with E-state index >= 15 is 0 Å². The molecule has 0 aliphatic rings. The normalized spacial score (nSPS) is 10.1. The van der Waals surface area contributed by atoms with Crippen molar-refractivity contribution in [2.45, 2.75) is 6.61 Å². The summed E-state index contributed by atoms with van der Waals surface area (Å²) in [6.45, 7) is 0.502. The second kappa shape index (κ2) is 5.32. The average molecular weight is 299 g/mol. The van der Waals surface area contributed by atoms with Gasteiger partial charge in [0.1, 0.15) is 6.61 Å². The number of rotatable bonds is 3. The fraction of sp³-hybridized carbons (Fsp3) is 0.0833. The molecule has 1 heterocycles. The highest BCUT2D eigenvalue weighted by atomic mass is 79.9. The van der Waals surface area contributed by atoms with Crippen molar-refractivity contribution in [3.63, 3.8) is 0 Å². The Hall–Kier alpha value is -1.06. The molecular formula is C12H9BrClNO. The van der Waals surface area contributed by atoms with E-state index < -0.39 is 0 Å². The molecule has 2 rings (SSSR count). The molecule has 4 heteroatoms. The molecular weight excluding hydrogens is 289 g/mol. The zero-order valence-electron chi connectivity index (χ0n) is 8.36. The van der Waals surface area contributed by atoms with Gasteiger partial charge in [-0.2, -0.15) is 0 Å². The van der Waals surface area contributed by atoms with Gasteiger partial charge in [0.25, 0.3) is 0 Å². The molecule has 1 aromatic carbocycles. The molecule has 1 aromatic heterocycles. The number of pyridine rings is 1. The van der Waals surface area contributed by atoms with Gasteiger partial charge >= 0.3 is 0 Å². The Morgan fingerprint density at radius 1 is 1.12 bits per heavy atom. The van der Waals surface area contributed by atoms with E-state index in [0.717, 1.165) is 10.0 Å². The molecule has 0 amide bonds. The average Bonchev–Trinajstić information content (AvgIpc) is 2.30. The molecule has 0 aliphatic heterocycles. The van der Waals surface area contributed by atoms with E-state index in [9.17, 15) is 0 Å². The maximum Gasteiger partial charge on any atom is 0.213 e. The number of hydrogen-bond acceptors (Lipinski definition) is 2. The van der Waals surface area contributed by atoms with Crippen LogP contribution in [0, 0.1) is 0 Å². The van der Waals surface area contributed by atoms with Gasteiger partial charge in [-0.3, -0.25) is 0 Å². The Bertz CT molecular complexity index is 410. The van der Waals surface area contributed by atoms with E-state index in [1.54, 1.807) is 18.3 Å². The number of ether oxygens (including phenoxy) is 1. The fourth-order valence-corrected chi connectivity index (χ4v) is 1.56. The summed E-state index contributed by atoms with van der Waals surface area (Å²) in [5, 5.41) is 0.607. The molecule has 0 fully saturated rings. The molecule has 2 aromatic rings. The van der Waals surface area contributed by atoms with E-state index in [1.807, 2.05) is 24.3 Å². The minimum absolute atomic E-state index is 0.502. The van der Waals surface area contributed by atoms with Gasteiger partial charge in [-0.1, -0.05) is 39.7 Å². The monoisotopic (exact) mass is 297 g/mol. The quantitative estimate of drug-likeness (QED) is 0.852. The number of aromatic nitrogens is 1. The summed E-state index contributed by atoms with van der Waals surface area (Å²) in [7, 11) is 0. The van der Waals surface area contributed by atoms with Crippen LogP contribution >= 0.6 is 27.5 Å². The van der Waals surface area contributed by atoms with Crippen LogP contribution in [-0.2, 0) is 6.61 Å². The zero-order chi connectivity index (χ0) is 11.4. The Morgan fingerprint density at radius 2 is 1.88 bits per heavy atom. The van der Waals surface area contributed by atoms with Crippen molar-refractivity contribution in [2.75, 3.05) is 0 Å². The third-order valence-electron chi connectivity index (χ3n) is 2.00. The summed E-state index contributed by atoms with van der Waals surface area (Å²) >= 11 is 9.10. The maximum absolute atomic E-state index is 5.72. The first-order valence-corrected chi connectivity index (χ1v) is 5.90. The topological polar surface area (TPSA) is 22.1 Å².